The lowest BCUT2D eigenvalue weighted by atomic mass is 10.2. The molecule has 0 heterocycles. The smallest absolute Gasteiger partial charge is 0.499 e. The highest BCUT2D eigenvalue weighted by Crippen LogP contribution is 2.51. The molecule has 0 radical (unpaired) electrons. The highest BCUT2D eigenvalue weighted by atomic mass is 31.2. The summed E-state index contributed by atoms with van der Waals surface area (Å²) in [4.78, 5) is 30.5. The second-order valence-corrected chi connectivity index (χ2v) is 4.85. The van der Waals surface area contributed by atoms with Crippen LogP contribution < -0.4 is 10.2 Å². The molecule has 8 nitrogen and oxygen atoms in total. The molecular formula is C7H14NO7P. The van der Waals surface area contributed by atoms with Gasteiger partial charge in [0, 0.05) is 5.97 Å². The highest BCUT2D eigenvalue weighted by molar-refractivity contribution is 7.58. The molecule has 0 aromatic carbocycles. The van der Waals surface area contributed by atoms with E-state index in [-0.39, 0.29) is 6.42 Å². The van der Waals surface area contributed by atoms with Gasteiger partial charge in [0.05, 0.1) is 14.2 Å². The summed E-state index contributed by atoms with van der Waals surface area (Å²) in [6, 6.07) is -1.28. The molecule has 0 aromatic heterocycles. The molecule has 0 saturated carbocycles. The van der Waals surface area contributed by atoms with E-state index >= 15 is 0 Å². The van der Waals surface area contributed by atoms with Gasteiger partial charge in [-0.2, -0.15) is 13.9 Å². The molecule has 0 fully saturated rings. The molecule has 16 heavy (non-hydrogen) atoms. The molecule has 9 heteroatoms. The van der Waals surface area contributed by atoms with Crippen molar-refractivity contribution in [3.05, 3.63) is 0 Å². The number of hydrogen-bond donors (Lipinski definition) is 3. The second kappa shape index (κ2) is 6.72. The first-order valence-electron chi connectivity index (χ1n) is 4.28. The fourth-order valence-corrected chi connectivity index (χ4v) is 1.88. The molecule has 0 spiro atoms. The van der Waals surface area contributed by atoms with Gasteiger partial charge in [0.25, 0.3) is 0 Å². The number of nitrogens with one attached hydrogen (secondary N) is 1. The lowest BCUT2D eigenvalue weighted by molar-refractivity contribution is -0.305. The van der Waals surface area contributed by atoms with Crippen molar-refractivity contribution < 1.29 is 33.7 Å². The van der Waals surface area contributed by atoms with Crippen molar-refractivity contribution in [2.45, 2.75) is 18.9 Å². The lowest BCUT2D eigenvalue weighted by Crippen LogP contribution is -2.38. The Hall–Kier alpha value is -0.790. The van der Waals surface area contributed by atoms with E-state index in [2.05, 4.69) is 14.1 Å². The van der Waals surface area contributed by atoms with Gasteiger partial charge in [-0.05, 0) is 12.8 Å². The molecule has 1 atom stereocenters. The van der Waals surface area contributed by atoms with Crippen LogP contribution in [0.25, 0.3) is 0 Å². The van der Waals surface area contributed by atoms with E-state index in [1.54, 1.807) is 0 Å². The van der Waals surface area contributed by atoms with Gasteiger partial charge < -0.3 is 15.0 Å². The Kier molecular flexibility index (Phi) is 6.39. The maximum absolute atomic E-state index is 10.7. The summed E-state index contributed by atoms with van der Waals surface area (Å²) in [6.07, 6.45) is -0.690. The number of carbonyl (C=O) groups excluding carboxylic acids is 1. The molecule has 0 saturated heterocycles. The van der Waals surface area contributed by atoms with Crippen LogP contribution in [-0.2, 0) is 18.6 Å². The average Bonchev–Trinajstić information content (AvgIpc) is 2.23. The van der Waals surface area contributed by atoms with Crippen molar-refractivity contribution in [2.75, 3.05) is 14.2 Å². The number of carboxylic acids is 2. The first-order chi connectivity index (χ1) is 7.34. The van der Waals surface area contributed by atoms with Crippen molar-refractivity contribution in [1.82, 2.24) is 5.09 Å². The monoisotopic (exact) mass is 255 g/mol. The summed E-state index contributed by atoms with van der Waals surface area (Å²) >= 11 is 0. The molecular weight excluding hydrogens is 241 g/mol. The number of aliphatic carboxylic acids is 2. The maximum atomic E-state index is 10.7. The summed E-state index contributed by atoms with van der Waals surface area (Å²) in [5, 5.41) is 21.2. The third-order valence-electron chi connectivity index (χ3n) is 1.75. The van der Waals surface area contributed by atoms with E-state index in [1.165, 1.54) is 0 Å². The summed E-state index contributed by atoms with van der Waals surface area (Å²) in [5.41, 5.74) is 0. The molecule has 94 valence electrons. The summed E-state index contributed by atoms with van der Waals surface area (Å²) in [5.74, 6) is -2.68. The minimum Gasteiger partial charge on any atom is -0.550 e. The zero-order valence-corrected chi connectivity index (χ0v) is 9.77. The van der Waals surface area contributed by atoms with Crippen LogP contribution in [0.15, 0.2) is 0 Å². The van der Waals surface area contributed by atoms with Gasteiger partial charge >= 0.3 is 14.1 Å². The number of hydrogen-bond acceptors (Lipinski definition) is 7. The molecule has 3 N–H and O–H groups in total. The third-order valence-corrected chi connectivity index (χ3v) is 3.38. The normalized spacial score (nSPS) is 13.4. The molecule has 0 aliphatic carbocycles. The van der Waals surface area contributed by atoms with Crippen molar-refractivity contribution in [3.8, 4) is 0 Å². The summed E-state index contributed by atoms with van der Waals surface area (Å²) < 4.78 is 9.16. The van der Waals surface area contributed by atoms with Gasteiger partial charge in [-0.3, -0.25) is 4.79 Å². The Balaban J connectivity index is 4.43. The molecule has 0 bridgehead atoms. The third kappa shape index (κ3) is 5.34. The van der Waals surface area contributed by atoms with Crippen molar-refractivity contribution in [2.24, 2.45) is 0 Å². The molecule has 0 rings (SSSR count). The van der Waals surface area contributed by atoms with Gasteiger partial charge in [-0.1, -0.05) is 0 Å². The largest absolute Gasteiger partial charge is 0.550 e. The second-order valence-electron chi connectivity index (χ2n) is 2.82. The van der Waals surface area contributed by atoms with Crippen LogP contribution in [0.5, 0.6) is 0 Å². The molecule has 0 aliphatic heterocycles. The van der Waals surface area contributed by atoms with Gasteiger partial charge in [0.2, 0.25) is 0 Å². The first-order valence-corrected chi connectivity index (χ1v) is 5.86. The van der Waals surface area contributed by atoms with Crippen LogP contribution in [-0.4, -0.2) is 42.2 Å². The Morgan fingerprint density at radius 2 is 1.94 bits per heavy atom. The van der Waals surface area contributed by atoms with E-state index in [0.717, 1.165) is 14.2 Å². The van der Waals surface area contributed by atoms with Crippen LogP contribution in [0.1, 0.15) is 12.8 Å². The van der Waals surface area contributed by atoms with Crippen LogP contribution in [0.2, 0.25) is 0 Å². The zero-order chi connectivity index (χ0) is 12.8. The standard InChI is InChI=1S/C7H14NO7P/c1-14-16(13,15-2)8-5(7(11)12)3-4-6(9)10/h5,8,13H,3-4H2,1-2H3,(H-,9,10,11,12). The van der Waals surface area contributed by atoms with E-state index in [4.69, 9.17) is 5.11 Å². The van der Waals surface area contributed by atoms with E-state index < -0.39 is 32.5 Å². The fourth-order valence-electron chi connectivity index (χ4n) is 0.882. The Morgan fingerprint density at radius 3 is 2.25 bits per heavy atom. The number of carboxylic acid groups (broad SMARTS) is 2. The van der Waals surface area contributed by atoms with Crippen molar-refractivity contribution >= 4 is 20.0 Å². The lowest BCUT2D eigenvalue weighted by Gasteiger charge is -2.18. The predicted octanol–water partition coefficient (Wildman–Crippen LogP) is -1.48. The predicted molar refractivity (Wildman–Crippen MR) is 52.0 cm³/mol. The quantitative estimate of drug-likeness (QED) is 0.448. The molecule has 0 aliphatic rings. The van der Waals surface area contributed by atoms with Crippen LogP contribution in [0, 0.1) is 0 Å². The van der Waals surface area contributed by atoms with Gasteiger partial charge in [0.15, 0.2) is 0 Å². The average molecular weight is 255 g/mol. The van der Waals surface area contributed by atoms with Gasteiger partial charge in [-0.15, -0.1) is 5.09 Å². The first kappa shape index (κ1) is 15.2. The Morgan fingerprint density at radius 1 is 1.44 bits per heavy atom. The molecule has 0 aromatic rings. The Bertz CT molecular complexity index is 255. The van der Waals surface area contributed by atoms with E-state index in [1.807, 2.05) is 0 Å². The minimum absolute atomic E-state index is 0.243. The van der Waals surface area contributed by atoms with Gasteiger partial charge in [0.1, 0.15) is 6.04 Å². The minimum atomic E-state index is -3.45. The van der Waals surface area contributed by atoms with Crippen LogP contribution >= 0.6 is 8.09 Å². The maximum Gasteiger partial charge on any atom is 0.499 e. The summed E-state index contributed by atoms with van der Waals surface area (Å²) in [7, 11) is -1.16. The SMILES string of the molecule is CO[P+](O)(NC(CCC(=O)[O-])C(=O)O)OC. The zero-order valence-electron chi connectivity index (χ0n) is 8.87. The highest BCUT2D eigenvalue weighted by Gasteiger charge is 2.43. The molecule has 0 amide bonds. The van der Waals surface area contributed by atoms with E-state index in [0.29, 0.717) is 0 Å². The van der Waals surface area contributed by atoms with Gasteiger partial charge in [-0.25, -0.2) is 0 Å². The number of carbonyl (C=O) groups is 2. The fraction of sp³-hybridized carbons (Fsp3) is 0.714. The number of rotatable bonds is 8. The van der Waals surface area contributed by atoms with Crippen LogP contribution in [0.3, 0.4) is 0 Å². The molecule has 1 unspecified atom stereocenters. The topological polar surface area (TPSA) is 128 Å². The van der Waals surface area contributed by atoms with Crippen molar-refractivity contribution in [3.63, 3.8) is 0 Å². The van der Waals surface area contributed by atoms with E-state index in [9.17, 15) is 19.6 Å². The van der Waals surface area contributed by atoms with Crippen LogP contribution in [0.4, 0.5) is 0 Å². The Labute approximate surface area is 92.8 Å². The van der Waals surface area contributed by atoms with Crippen molar-refractivity contribution in [1.29, 1.82) is 0 Å². The summed E-state index contributed by atoms with van der Waals surface area (Å²) in [6.45, 7) is 0.